The van der Waals surface area contributed by atoms with Crippen LogP contribution in [0.25, 0.3) is 0 Å². The van der Waals surface area contributed by atoms with E-state index in [1.807, 2.05) is 18.2 Å². The number of ether oxygens (including phenoxy) is 1. The summed E-state index contributed by atoms with van der Waals surface area (Å²) in [7, 11) is 1.63. The molecule has 1 N–H and O–H groups in total. The van der Waals surface area contributed by atoms with Crippen molar-refractivity contribution >= 4 is 21.6 Å². The van der Waals surface area contributed by atoms with Crippen LogP contribution in [0.4, 0.5) is 10.1 Å². The molecule has 0 fully saturated rings. The van der Waals surface area contributed by atoms with Crippen LogP contribution in [0.15, 0.2) is 46.9 Å². The Bertz CT molecular complexity index is 528. The van der Waals surface area contributed by atoms with E-state index < -0.39 is 0 Å². The molecule has 0 radical (unpaired) electrons. The van der Waals surface area contributed by atoms with Crippen LogP contribution in [0, 0.1) is 5.82 Å². The normalized spacial score (nSPS) is 10.2. The SMILES string of the molecule is COc1ccc(Br)cc1NCc1ccc(F)cc1. The van der Waals surface area contributed by atoms with E-state index in [9.17, 15) is 4.39 Å². The summed E-state index contributed by atoms with van der Waals surface area (Å²) in [5.74, 6) is 0.555. The third-order valence-electron chi connectivity index (χ3n) is 2.56. The second kappa shape index (κ2) is 5.87. The molecule has 0 amide bonds. The summed E-state index contributed by atoms with van der Waals surface area (Å²) in [5.41, 5.74) is 1.91. The van der Waals surface area contributed by atoms with Crippen molar-refractivity contribution in [1.29, 1.82) is 0 Å². The fourth-order valence-electron chi connectivity index (χ4n) is 1.62. The average Bonchev–Trinajstić information content (AvgIpc) is 2.38. The molecule has 0 saturated carbocycles. The lowest BCUT2D eigenvalue weighted by atomic mass is 10.2. The van der Waals surface area contributed by atoms with Gasteiger partial charge in [0.25, 0.3) is 0 Å². The largest absolute Gasteiger partial charge is 0.495 e. The van der Waals surface area contributed by atoms with E-state index in [1.54, 1.807) is 19.2 Å². The minimum Gasteiger partial charge on any atom is -0.495 e. The molecule has 0 heterocycles. The highest BCUT2D eigenvalue weighted by atomic mass is 79.9. The number of anilines is 1. The Morgan fingerprint density at radius 1 is 1.17 bits per heavy atom. The molecule has 2 rings (SSSR count). The van der Waals surface area contributed by atoms with Gasteiger partial charge >= 0.3 is 0 Å². The smallest absolute Gasteiger partial charge is 0.142 e. The van der Waals surface area contributed by atoms with Crippen LogP contribution in [0.1, 0.15) is 5.56 Å². The summed E-state index contributed by atoms with van der Waals surface area (Å²) in [5, 5.41) is 3.26. The van der Waals surface area contributed by atoms with Crippen LogP contribution >= 0.6 is 15.9 Å². The average molecular weight is 310 g/mol. The summed E-state index contributed by atoms with van der Waals surface area (Å²) < 4.78 is 19.0. The molecule has 0 unspecified atom stereocenters. The van der Waals surface area contributed by atoms with Gasteiger partial charge in [-0.3, -0.25) is 0 Å². The molecule has 0 aliphatic carbocycles. The zero-order valence-corrected chi connectivity index (χ0v) is 11.5. The lowest BCUT2D eigenvalue weighted by Crippen LogP contribution is -2.01. The van der Waals surface area contributed by atoms with Crippen LogP contribution in [0.2, 0.25) is 0 Å². The monoisotopic (exact) mass is 309 g/mol. The Morgan fingerprint density at radius 2 is 1.89 bits per heavy atom. The van der Waals surface area contributed by atoms with Crippen LogP contribution in [-0.2, 0) is 6.54 Å². The maximum atomic E-state index is 12.8. The predicted octanol–water partition coefficient (Wildman–Crippen LogP) is 4.21. The van der Waals surface area contributed by atoms with Crippen LogP contribution < -0.4 is 10.1 Å². The number of hydrogen-bond donors (Lipinski definition) is 1. The van der Waals surface area contributed by atoms with E-state index in [0.717, 1.165) is 21.5 Å². The van der Waals surface area contributed by atoms with Gasteiger partial charge in [-0.25, -0.2) is 4.39 Å². The van der Waals surface area contributed by atoms with E-state index in [1.165, 1.54) is 12.1 Å². The van der Waals surface area contributed by atoms with Crippen molar-refractivity contribution in [3.05, 3.63) is 58.3 Å². The van der Waals surface area contributed by atoms with E-state index >= 15 is 0 Å². The molecule has 0 saturated heterocycles. The second-order valence-corrected chi connectivity index (χ2v) is 4.74. The summed E-state index contributed by atoms with van der Waals surface area (Å²) in [6.07, 6.45) is 0. The number of benzene rings is 2. The number of rotatable bonds is 4. The van der Waals surface area contributed by atoms with Crippen molar-refractivity contribution in [3.63, 3.8) is 0 Å². The quantitative estimate of drug-likeness (QED) is 0.913. The lowest BCUT2D eigenvalue weighted by molar-refractivity contribution is 0.416. The maximum Gasteiger partial charge on any atom is 0.142 e. The van der Waals surface area contributed by atoms with E-state index in [2.05, 4.69) is 21.2 Å². The van der Waals surface area contributed by atoms with Crippen LogP contribution in [-0.4, -0.2) is 7.11 Å². The van der Waals surface area contributed by atoms with Gasteiger partial charge in [0.05, 0.1) is 12.8 Å². The molecule has 94 valence electrons. The molecule has 0 bridgehead atoms. The summed E-state index contributed by atoms with van der Waals surface area (Å²) in [6.45, 7) is 0.618. The Labute approximate surface area is 114 Å². The zero-order chi connectivity index (χ0) is 13.0. The number of nitrogens with one attached hydrogen (secondary N) is 1. The molecule has 2 aromatic rings. The standard InChI is InChI=1S/C14H13BrFNO/c1-18-14-7-4-11(15)8-13(14)17-9-10-2-5-12(16)6-3-10/h2-8,17H,9H2,1H3. The van der Waals surface area contributed by atoms with Gasteiger partial charge in [-0.05, 0) is 35.9 Å². The van der Waals surface area contributed by atoms with Crippen molar-refractivity contribution < 1.29 is 9.13 Å². The Hall–Kier alpha value is -1.55. The summed E-state index contributed by atoms with van der Waals surface area (Å²) in [4.78, 5) is 0. The number of halogens is 2. The highest BCUT2D eigenvalue weighted by Crippen LogP contribution is 2.28. The first-order valence-electron chi connectivity index (χ1n) is 5.51. The van der Waals surface area contributed by atoms with Crippen molar-refractivity contribution in [3.8, 4) is 5.75 Å². The van der Waals surface area contributed by atoms with Gasteiger partial charge in [0.1, 0.15) is 11.6 Å². The zero-order valence-electron chi connectivity index (χ0n) is 9.91. The molecular weight excluding hydrogens is 297 g/mol. The highest BCUT2D eigenvalue weighted by molar-refractivity contribution is 9.10. The van der Waals surface area contributed by atoms with Gasteiger partial charge in [-0.15, -0.1) is 0 Å². The summed E-state index contributed by atoms with van der Waals surface area (Å²) in [6, 6.07) is 12.2. The highest BCUT2D eigenvalue weighted by Gasteiger charge is 2.03. The first kappa shape index (κ1) is 12.9. The first-order valence-corrected chi connectivity index (χ1v) is 6.30. The Morgan fingerprint density at radius 3 is 2.56 bits per heavy atom. The minimum absolute atomic E-state index is 0.223. The third-order valence-corrected chi connectivity index (χ3v) is 3.05. The number of hydrogen-bond acceptors (Lipinski definition) is 2. The predicted molar refractivity (Wildman–Crippen MR) is 74.4 cm³/mol. The van der Waals surface area contributed by atoms with Gasteiger partial charge in [-0.1, -0.05) is 28.1 Å². The van der Waals surface area contributed by atoms with E-state index in [0.29, 0.717) is 6.54 Å². The molecule has 4 heteroatoms. The molecule has 18 heavy (non-hydrogen) atoms. The van der Waals surface area contributed by atoms with Gasteiger partial charge in [0.15, 0.2) is 0 Å². The van der Waals surface area contributed by atoms with Crippen LogP contribution in [0.3, 0.4) is 0 Å². The molecule has 0 spiro atoms. The third kappa shape index (κ3) is 3.23. The maximum absolute atomic E-state index is 12.8. The lowest BCUT2D eigenvalue weighted by Gasteiger charge is -2.11. The second-order valence-electron chi connectivity index (χ2n) is 3.82. The molecule has 2 aromatic carbocycles. The van der Waals surface area contributed by atoms with Gasteiger partial charge in [-0.2, -0.15) is 0 Å². The van der Waals surface area contributed by atoms with Crippen molar-refractivity contribution in [2.75, 3.05) is 12.4 Å². The van der Waals surface area contributed by atoms with Gasteiger partial charge < -0.3 is 10.1 Å². The Kier molecular flexibility index (Phi) is 4.20. The minimum atomic E-state index is -0.223. The number of methoxy groups -OCH3 is 1. The molecule has 0 aliphatic rings. The van der Waals surface area contributed by atoms with Crippen molar-refractivity contribution in [1.82, 2.24) is 0 Å². The summed E-state index contributed by atoms with van der Waals surface area (Å²) >= 11 is 3.42. The molecule has 0 aromatic heterocycles. The fraction of sp³-hybridized carbons (Fsp3) is 0.143. The Balaban J connectivity index is 2.09. The van der Waals surface area contributed by atoms with Gasteiger partial charge in [0.2, 0.25) is 0 Å². The van der Waals surface area contributed by atoms with Crippen molar-refractivity contribution in [2.45, 2.75) is 6.54 Å². The van der Waals surface area contributed by atoms with E-state index in [-0.39, 0.29) is 5.82 Å². The van der Waals surface area contributed by atoms with Crippen LogP contribution in [0.5, 0.6) is 5.75 Å². The van der Waals surface area contributed by atoms with E-state index in [4.69, 9.17) is 4.74 Å². The fourth-order valence-corrected chi connectivity index (χ4v) is 1.98. The first-order chi connectivity index (χ1) is 8.69. The topological polar surface area (TPSA) is 21.3 Å². The molecule has 2 nitrogen and oxygen atoms in total. The molecule has 0 aliphatic heterocycles. The van der Waals surface area contributed by atoms with Crippen molar-refractivity contribution in [2.24, 2.45) is 0 Å². The molecular formula is C14H13BrFNO. The van der Waals surface area contributed by atoms with Gasteiger partial charge in [0, 0.05) is 11.0 Å². The molecule has 0 atom stereocenters.